The molecule has 0 unspecified atom stereocenters. The Balaban J connectivity index is 1.56. The molecule has 4 nitrogen and oxygen atoms in total. The molecule has 1 saturated carbocycles. The fourth-order valence-corrected chi connectivity index (χ4v) is 4.35. The second-order valence-electron chi connectivity index (χ2n) is 6.34. The summed E-state index contributed by atoms with van der Waals surface area (Å²) in [6, 6.07) is 11.1. The summed E-state index contributed by atoms with van der Waals surface area (Å²) in [4.78, 5) is 6.71. The maximum absolute atomic E-state index is 4.22. The largest absolute Gasteiger partial charge is 0.291 e. The second-order valence-corrected chi connectivity index (χ2v) is 6.34. The maximum Gasteiger partial charge on any atom is 0.137 e. The Kier molecular flexibility index (Phi) is 3.26. The van der Waals surface area contributed by atoms with E-state index < -0.39 is 0 Å². The topological polar surface area (TPSA) is 34.0 Å². The van der Waals surface area contributed by atoms with Crippen LogP contribution >= 0.6 is 0 Å². The number of hydrogen-bond donors (Lipinski definition) is 0. The predicted octanol–water partition coefficient (Wildman–Crippen LogP) is 2.68. The van der Waals surface area contributed by atoms with Crippen molar-refractivity contribution >= 4 is 0 Å². The summed E-state index contributed by atoms with van der Waals surface area (Å²) >= 11 is 0. The summed E-state index contributed by atoms with van der Waals surface area (Å²) in [5, 5.41) is 4.22. The van der Waals surface area contributed by atoms with E-state index in [0.717, 1.165) is 19.0 Å². The minimum absolute atomic E-state index is 0.292. The molecule has 2 aliphatic rings. The lowest BCUT2D eigenvalue weighted by Gasteiger charge is -2.62. The number of rotatable bonds is 4. The molecule has 1 aromatic carbocycles. The Hall–Kier alpha value is -1.68. The first-order valence-electron chi connectivity index (χ1n) is 8.02. The van der Waals surface area contributed by atoms with Gasteiger partial charge in [0.05, 0.1) is 12.1 Å². The number of benzene rings is 1. The lowest BCUT2D eigenvalue weighted by atomic mass is 9.62. The van der Waals surface area contributed by atoms with Gasteiger partial charge < -0.3 is 0 Å². The van der Waals surface area contributed by atoms with Crippen LogP contribution in [0.2, 0.25) is 0 Å². The lowest BCUT2D eigenvalue weighted by molar-refractivity contribution is -0.116. The van der Waals surface area contributed by atoms with E-state index >= 15 is 0 Å². The lowest BCUT2D eigenvalue weighted by Crippen LogP contribution is -2.66. The van der Waals surface area contributed by atoms with E-state index in [-0.39, 0.29) is 0 Å². The van der Waals surface area contributed by atoms with E-state index in [1.165, 1.54) is 37.8 Å². The van der Waals surface area contributed by atoms with E-state index in [1.807, 2.05) is 11.0 Å². The van der Waals surface area contributed by atoms with Gasteiger partial charge in [0.15, 0.2) is 0 Å². The molecule has 0 radical (unpaired) electrons. The summed E-state index contributed by atoms with van der Waals surface area (Å²) in [6.45, 7) is 3.24. The molecule has 0 spiro atoms. The number of nitrogens with zero attached hydrogens (tertiary/aromatic N) is 4. The summed E-state index contributed by atoms with van der Waals surface area (Å²) in [5.74, 6) is 0.837. The molecule has 1 saturated heterocycles. The monoisotopic (exact) mass is 282 g/mol. The smallest absolute Gasteiger partial charge is 0.137 e. The molecule has 1 aliphatic heterocycles. The predicted molar refractivity (Wildman–Crippen MR) is 81.7 cm³/mol. The van der Waals surface area contributed by atoms with Crippen LogP contribution in [-0.4, -0.2) is 32.8 Å². The van der Waals surface area contributed by atoms with Crippen molar-refractivity contribution in [3.8, 4) is 0 Å². The third kappa shape index (κ3) is 2.09. The average Bonchev–Trinajstić information content (AvgIpc) is 3.02. The molecule has 2 fully saturated rings. The first-order valence-corrected chi connectivity index (χ1v) is 8.02. The molecule has 1 aromatic heterocycles. The van der Waals surface area contributed by atoms with Crippen molar-refractivity contribution < 1.29 is 0 Å². The van der Waals surface area contributed by atoms with Crippen molar-refractivity contribution in [2.45, 2.75) is 37.8 Å². The molecule has 2 aromatic rings. The molecule has 0 amide bonds. The van der Waals surface area contributed by atoms with Gasteiger partial charge in [-0.05, 0) is 24.3 Å². The van der Waals surface area contributed by atoms with Crippen LogP contribution in [-0.2, 0) is 12.1 Å². The Bertz CT molecular complexity index is 580. The van der Waals surface area contributed by atoms with Gasteiger partial charge in [0, 0.05) is 13.1 Å². The summed E-state index contributed by atoms with van der Waals surface area (Å²) in [5.41, 5.74) is 1.81. The molecular weight excluding hydrogens is 260 g/mol. The number of fused-ring (bicyclic) bond motifs is 1. The third-order valence-corrected chi connectivity index (χ3v) is 5.38. The molecule has 110 valence electrons. The van der Waals surface area contributed by atoms with Crippen LogP contribution < -0.4 is 0 Å². The van der Waals surface area contributed by atoms with E-state index in [2.05, 4.69) is 45.3 Å². The quantitative estimate of drug-likeness (QED) is 0.864. The summed E-state index contributed by atoms with van der Waals surface area (Å²) in [6.07, 6.45) is 8.87. The Morgan fingerprint density at radius 2 is 2.05 bits per heavy atom. The zero-order valence-electron chi connectivity index (χ0n) is 12.4. The average molecular weight is 282 g/mol. The van der Waals surface area contributed by atoms with Gasteiger partial charge in [-0.1, -0.05) is 43.2 Å². The molecule has 4 heteroatoms. The molecule has 21 heavy (non-hydrogen) atoms. The van der Waals surface area contributed by atoms with Crippen molar-refractivity contribution in [1.29, 1.82) is 0 Å². The fraction of sp³-hybridized carbons (Fsp3) is 0.529. The van der Waals surface area contributed by atoms with E-state index in [9.17, 15) is 0 Å². The second kappa shape index (κ2) is 5.26. The standard InChI is InChI=1S/C17H22N4/c1-2-6-15(7-3-1)17-9-5-4-8-16(17)12-20(17)10-11-21-14-18-13-19-21/h1-3,6-7,13-14,16H,4-5,8-12H2/t16-,17-/m0/s1. The molecule has 1 aliphatic carbocycles. The van der Waals surface area contributed by atoms with Crippen LogP contribution in [0.5, 0.6) is 0 Å². The van der Waals surface area contributed by atoms with Crippen LogP contribution in [0.25, 0.3) is 0 Å². The van der Waals surface area contributed by atoms with Gasteiger partial charge in [0.2, 0.25) is 0 Å². The number of likely N-dealkylation sites (tertiary alicyclic amines) is 1. The van der Waals surface area contributed by atoms with Crippen molar-refractivity contribution in [3.63, 3.8) is 0 Å². The highest BCUT2D eigenvalue weighted by Gasteiger charge is 2.54. The van der Waals surface area contributed by atoms with Crippen molar-refractivity contribution in [2.75, 3.05) is 13.1 Å². The van der Waals surface area contributed by atoms with Crippen LogP contribution in [0.1, 0.15) is 31.2 Å². The van der Waals surface area contributed by atoms with Gasteiger partial charge in [0.25, 0.3) is 0 Å². The summed E-state index contributed by atoms with van der Waals surface area (Å²) in [7, 11) is 0. The highest BCUT2D eigenvalue weighted by molar-refractivity contribution is 5.30. The minimum atomic E-state index is 0.292. The van der Waals surface area contributed by atoms with Gasteiger partial charge in [0.1, 0.15) is 12.7 Å². The molecule has 2 atom stereocenters. The first-order chi connectivity index (χ1) is 10.4. The molecule has 0 bridgehead atoms. The Morgan fingerprint density at radius 1 is 1.14 bits per heavy atom. The van der Waals surface area contributed by atoms with E-state index in [0.29, 0.717) is 5.54 Å². The van der Waals surface area contributed by atoms with Crippen LogP contribution in [0, 0.1) is 5.92 Å². The van der Waals surface area contributed by atoms with Crippen molar-refractivity contribution in [3.05, 3.63) is 48.5 Å². The normalized spacial score (nSPS) is 28.9. The van der Waals surface area contributed by atoms with E-state index in [1.54, 1.807) is 6.33 Å². The highest BCUT2D eigenvalue weighted by Crippen LogP contribution is 2.53. The van der Waals surface area contributed by atoms with E-state index in [4.69, 9.17) is 0 Å². The number of aromatic nitrogens is 3. The molecule has 0 N–H and O–H groups in total. The van der Waals surface area contributed by atoms with Crippen LogP contribution in [0.3, 0.4) is 0 Å². The zero-order valence-corrected chi connectivity index (χ0v) is 12.4. The van der Waals surface area contributed by atoms with Gasteiger partial charge >= 0.3 is 0 Å². The Morgan fingerprint density at radius 3 is 2.81 bits per heavy atom. The highest BCUT2D eigenvalue weighted by atomic mass is 15.3. The van der Waals surface area contributed by atoms with Gasteiger partial charge in [-0.15, -0.1) is 0 Å². The van der Waals surface area contributed by atoms with Gasteiger partial charge in [-0.3, -0.25) is 9.58 Å². The first kappa shape index (κ1) is 13.0. The van der Waals surface area contributed by atoms with Crippen LogP contribution in [0.4, 0.5) is 0 Å². The van der Waals surface area contributed by atoms with Gasteiger partial charge in [-0.25, -0.2) is 4.98 Å². The third-order valence-electron chi connectivity index (χ3n) is 5.38. The minimum Gasteiger partial charge on any atom is -0.291 e. The summed E-state index contributed by atoms with van der Waals surface area (Å²) < 4.78 is 1.94. The molecular formula is C17H22N4. The maximum atomic E-state index is 4.22. The van der Waals surface area contributed by atoms with Gasteiger partial charge in [-0.2, -0.15) is 5.10 Å². The fourth-order valence-electron chi connectivity index (χ4n) is 4.35. The Labute approximate surface area is 125 Å². The molecule has 2 heterocycles. The van der Waals surface area contributed by atoms with Crippen molar-refractivity contribution in [1.82, 2.24) is 19.7 Å². The van der Waals surface area contributed by atoms with Crippen LogP contribution in [0.15, 0.2) is 43.0 Å². The zero-order chi connectivity index (χ0) is 14.1. The van der Waals surface area contributed by atoms with Crippen molar-refractivity contribution in [2.24, 2.45) is 5.92 Å². The molecule has 4 rings (SSSR count). The SMILES string of the molecule is c1ccc([C@@]23CCCC[C@H]2CN3CCn2cncn2)cc1. The number of hydrogen-bond acceptors (Lipinski definition) is 3.